The molecule has 0 aliphatic heterocycles. The van der Waals surface area contributed by atoms with Gasteiger partial charge in [0.1, 0.15) is 19.3 Å². The molecule has 3 unspecified atom stereocenters. The Morgan fingerprint density at radius 2 is 0.866 bits per heavy atom. The SMILES string of the molecule is CCCCCCCCC/C=C\CCCCCC(=O)OC(/C=C/CCCCCCCCCCCC)C(COP(=O)(O)OCC[N+](C)(C)C)NC(=O)CCCCCCCCCCCCCCCCC. The molecule has 67 heavy (non-hydrogen) atoms. The molecule has 0 rings (SSSR count). The summed E-state index contributed by atoms with van der Waals surface area (Å²) in [7, 11) is 1.50. The highest BCUT2D eigenvalue weighted by molar-refractivity contribution is 7.47. The van der Waals surface area contributed by atoms with Gasteiger partial charge in [-0.05, 0) is 57.4 Å². The van der Waals surface area contributed by atoms with Crippen molar-refractivity contribution in [1.82, 2.24) is 5.32 Å². The minimum atomic E-state index is -4.44. The summed E-state index contributed by atoms with van der Waals surface area (Å²) in [6.45, 7) is 7.02. The first-order valence-electron chi connectivity index (χ1n) is 28.7. The number of amides is 1. The molecule has 0 aromatic carbocycles. The molecule has 0 aromatic heterocycles. The Hall–Kier alpha value is -1.51. The molecule has 0 saturated heterocycles. The number of allylic oxidation sites excluding steroid dienone is 3. The van der Waals surface area contributed by atoms with Crippen molar-refractivity contribution in [2.75, 3.05) is 40.9 Å². The number of phosphoric acid groups is 1. The van der Waals surface area contributed by atoms with E-state index >= 15 is 0 Å². The fourth-order valence-corrected chi connectivity index (χ4v) is 9.14. The fourth-order valence-electron chi connectivity index (χ4n) is 8.41. The van der Waals surface area contributed by atoms with Crippen LogP contribution in [0.25, 0.3) is 0 Å². The number of nitrogens with one attached hydrogen (secondary N) is 1. The van der Waals surface area contributed by atoms with E-state index in [4.69, 9.17) is 13.8 Å². The predicted molar refractivity (Wildman–Crippen MR) is 286 cm³/mol. The van der Waals surface area contributed by atoms with E-state index in [0.717, 1.165) is 70.6 Å². The lowest BCUT2D eigenvalue weighted by molar-refractivity contribution is -0.870. The van der Waals surface area contributed by atoms with Crippen LogP contribution in [0, 0.1) is 0 Å². The summed E-state index contributed by atoms with van der Waals surface area (Å²) in [5.74, 6) is -0.512. The van der Waals surface area contributed by atoms with E-state index in [0.29, 0.717) is 17.4 Å². The van der Waals surface area contributed by atoms with Gasteiger partial charge >= 0.3 is 13.8 Å². The first kappa shape index (κ1) is 65.5. The van der Waals surface area contributed by atoms with Gasteiger partial charge in [0, 0.05) is 12.8 Å². The molecule has 0 heterocycles. The third kappa shape index (κ3) is 49.3. The largest absolute Gasteiger partial charge is 0.472 e. The topological polar surface area (TPSA) is 111 Å². The van der Waals surface area contributed by atoms with Gasteiger partial charge in [-0.2, -0.15) is 0 Å². The van der Waals surface area contributed by atoms with Crippen molar-refractivity contribution in [1.29, 1.82) is 0 Å². The number of quaternary nitrogens is 1. The van der Waals surface area contributed by atoms with Crippen molar-refractivity contribution in [2.24, 2.45) is 0 Å². The van der Waals surface area contributed by atoms with E-state index in [1.165, 1.54) is 173 Å². The zero-order valence-electron chi connectivity index (χ0n) is 45.2. The number of nitrogens with zero attached hydrogens (tertiary/aromatic N) is 1. The van der Waals surface area contributed by atoms with E-state index in [9.17, 15) is 19.0 Å². The molecule has 1 amide bonds. The number of phosphoric ester groups is 1. The normalized spacial score (nSPS) is 14.0. The van der Waals surface area contributed by atoms with Crippen molar-refractivity contribution in [2.45, 2.75) is 290 Å². The first-order chi connectivity index (χ1) is 32.4. The lowest BCUT2D eigenvalue weighted by Crippen LogP contribution is -2.47. The molecule has 0 fully saturated rings. The Bertz CT molecular complexity index is 1210. The second-order valence-corrected chi connectivity index (χ2v) is 22.3. The van der Waals surface area contributed by atoms with Gasteiger partial charge in [-0.15, -0.1) is 0 Å². The van der Waals surface area contributed by atoms with Gasteiger partial charge in [0.2, 0.25) is 5.91 Å². The van der Waals surface area contributed by atoms with Crippen molar-refractivity contribution in [3.63, 3.8) is 0 Å². The molecule has 396 valence electrons. The summed E-state index contributed by atoms with van der Waals surface area (Å²) < 4.78 is 30.6. The summed E-state index contributed by atoms with van der Waals surface area (Å²) >= 11 is 0. The van der Waals surface area contributed by atoms with Crippen LogP contribution in [0.5, 0.6) is 0 Å². The van der Waals surface area contributed by atoms with Gasteiger partial charge in [-0.25, -0.2) is 4.57 Å². The van der Waals surface area contributed by atoms with E-state index in [2.05, 4.69) is 38.2 Å². The number of carbonyl (C=O) groups is 2. The van der Waals surface area contributed by atoms with Crippen molar-refractivity contribution < 1.29 is 37.3 Å². The molecule has 10 heteroatoms. The number of carbonyl (C=O) groups excluding carboxylic acids is 2. The number of likely N-dealkylation sites (N-methyl/N-ethyl adjacent to an activating group) is 1. The molecule has 0 bridgehead atoms. The van der Waals surface area contributed by atoms with Gasteiger partial charge in [0.15, 0.2) is 0 Å². The molecule has 3 atom stereocenters. The van der Waals surface area contributed by atoms with Crippen molar-refractivity contribution in [3.8, 4) is 0 Å². The van der Waals surface area contributed by atoms with Crippen molar-refractivity contribution in [3.05, 3.63) is 24.3 Å². The second-order valence-electron chi connectivity index (χ2n) is 20.8. The van der Waals surface area contributed by atoms with Crippen LogP contribution < -0.4 is 5.32 Å². The Morgan fingerprint density at radius 1 is 0.507 bits per heavy atom. The number of hydrogen-bond donors (Lipinski definition) is 2. The summed E-state index contributed by atoms with van der Waals surface area (Å²) in [5.41, 5.74) is 0. The van der Waals surface area contributed by atoms with Crippen molar-refractivity contribution >= 4 is 19.7 Å². The van der Waals surface area contributed by atoms with E-state index in [1.807, 2.05) is 33.3 Å². The average molecular weight is 969 g/mol. The lowest BCUT2D eigenvalue weighted by atomic mass is 10.0. The molecule has 0 aliphatic rings. The minimum Gasteiger partial charge on any atom is -0.456 e. The molecular formula is C57H112N2O7P+. The molecule has 0 aromatic rings. The number of rotatable bonds is 52. The Labute approximate surface area is 415 Å². The molecular weight excluding hydrogens is 856 g/mol. The Balaban J connectivity index is 5.36. The highest BCUT2D eigenvalue weighted by Crippen LogP contribution is 2.43. The number of esters is 1. The first-order valence-corrected chi connectivity index (χ1v) is 30.2. The molecule has 0 spiro atoms. The van der Waals surface area contributed by atoms with Gasteiger partial charge in [0.25, 0.3) is 0 Å². The standard InChI is InChI=1S/C57H111N2O7P/c1-7-10-13-16-19-22-25-28-30-31-34-37-40-43-46-49-56(60)58-54(53-65-67(62,63)64-52-51-59(4,5)6)55(48-45-42-39-36-33-27-24-21-18-15-12-9-3)66-57(61)50-47-44-41-38-35-32-29-26-23-20-17-14-11-8-2/h32,35,45,48,54-55H,7-31,33-34,36-44,46-47,49-53H2,1-6H3,(H-,58,60,62,63)/p+1/b35-32-,48-45+. The maximum Gasteiger partial charge on any atom is 0.472 e. The summed E-state index contributed by atoms with van der Waals surface area (Å²) in [5, 5.41) is 3.05. The lowest BCUT2D eigenvalue weighted by Gasteiger charge is -2.27. The van der Waals surface area contributed by atoms with E-state index in [1.54, 1.807) is 0 Å². The van der Waals surface area contributed by atoms with Crippen LogP contribution in [0.1, 0.15) is 278 Å². The van der Waals surface area contributed by atoms with Crippen LogP contribution in [0.2, 0.25) is 0 Å². The summed E-state index contributed by atoms with van der Waals surface area (Å²) in [4.78, 5) is 37.5. The fraction of sp³-hybridized carbons (Fsp3) is 0.895. The number of hydrogen-bond acceptors (Lipinski definition) is 6. The Morgan fingerprint density at radius 3 is 1.28 bits per heavy atom. The van der Waals surface area contributed by atoms with E-state index in [-0.39, 0.29) is 31.5 Å². The molecule has 0 radical (unpaired) electrons. The Kier molecular flexibility index (Phi) is 47.0. The van der Waals surface area contributed by atoms with E-state index < -0.39 is 20.0 Å². The van der Waals surface area contributed by atoms with Crippen LogP contribution in [-0.4, -0.2) is 74.3 Å². The molecule has 0 aliphatic carbocycles. The van der Waals surface area contributed by atoms with Gasteiger partial charge < -0.3 is 19.4 Å². The highest BCUT2D eigenvalue weighted by Gasteiger charge is 2.30. The zero-order chi connectivity index (χ0) is 49.4. The van der Waals surface area contributed by atoms with Crippen LogP contribution in [-0.2, 0) is 27.9 Å². The summed E-state index contributed by atoms with van der Waals surface area (Å²) in [6.07, 6.45) is 54.5. The molecule has 9 nitrogen and oxygen atoms in total. The molecule has 0 saturated carbocycles. The number of unbranched alkanes of at least 4 members (excludes halogenated alkanes) is 34. The minimum absolute atomic E-state index is 0.0413. The van der Waals surface area contributed by atoms with Crippen LogP contribution in [0.4, 0.5) is 0 Å². The smallest absolute Gasteiger partial charge is 0.456 e. The van der Waals surface area contributed by atoms with Gasteiger partial charge in [-0.1, -0.05) is 232 Å². The maximum atomic E-state index is 13.5. The van der Waals surface area contributed by atoms with Crippen LogP contribution in [0.3, 0.4) is 0 Å². The van der Waals surface area contributed by atoms with Crippen LogP contribution >= 0.6 is 7.82 Å². The maximum absolute atomic E-state index is 13.5. The third-order valence-corrected chi connectivity index (χ3v) is 13.9. The highest BCUT2D eigenvalue weighted by atomic mass is 31.2. The monoisotopic (exact) mass is 968 g/mol. The third-order valence-electron chi connectivity index (χ3n) is 12.9. The zero-order valence-corrected chi connectivity index (χ0v) is 46.1. The average Bonchev–Trinajstić information content (AvgIpc) is 3.28. The molecule has 2 N–H and O–H groups in total. The van der Waals surface area contributed by atoms with Gasteiger partial charge in [0.05, 0.1) is 33.8 Å². The van der Waals surface area contributed by atoms with Gasteiger partial charge in [-0.3, -0.25) is 18.6 Å². The number of ether oxygens (including phenoxy) is 1. The predicted octanol–water partition coefficient (Wildman–Crippen LogP) is 17.0. The summed E-state index contributed by atoms with van der Waals surface area (Å²) in [6, 6.07) is -0.847. The second kappa shape index (κ2) is 48.1. The van der Waals surface area contributed by atoms with Crippen LogP contribution in [0.15, 0.2) is 24.3 Å². The quantitative estimate of drug-likeness (QED) is 0.0205.